The third-order valence-electron chi connectivity index (χ3n) is 3.28. The zero-order chi connectivity index (χ0) is 17.0. The number of hydrogen-bond acceptors (Lipinski definition) is 3. The van der Waals surface area contributed by atoms with E-state index < -0.39 is 12.4 Å². The summed E-state index contributed by atoms with van der Waals surface area (Å²) in [5.41, 5.74) is 0.977. The van der Waals surface area contributed by atoms with Crippen LogP contribution in [0.25, 0.3) is 0 Å². The first-order valence-electron chi connectivity index (χ1n) is 7.28. The summed E-state index contributed by atoms with van der Waals surface area (Å²) in [5, 5.41) is 15.9. The average Bonchev–Trinajstić information content (AvgIpc) is 2.87. The van der Waals surface area contributed by atoms with Gasteiger partial charge in [-0.05, 0) is 23.6 Å². The van der Waals surface area contributed by atoms with Gasteiger partial charge < -0.3 is 10.4 Å². The zero-order valence-corrected chi connectivity index (χ0v) is 13.0. The predicted octanol–water partition coefficient (Wildman–Crippen LogP) is 3.79. The molecule has 0 aliphatic rings. The van der Waals surface area contributed by atoms with Gasteiger partial charge in [0.25, 0.3) is 6.43 Å². The molecule has 0 aliphatic carbocycles. The second-order valence-electron chi connectivity index (χ2n) is 5.68. The standard InChI is InChI=1S/C16H19F2N3O2/c1-10(2)9-21-14(15(17)18)13(8-20-21)19-7-11-4-3-5-12(6-11)16(22)23/h3-6,8,10,15,19H,7,9H2,1-2H3,(H,22,23). The van der Waals surface area contributed by atoms with Gasteiger partial charge in [-0.15, -0.1) is 0 Å². The molecule has 1 aromatic carbocycles. The van der Waals surface area contributed by atoms with E-state index in [0.29, 0.717) is 12.1 Å². The molecule has 1 aromatic heterocycles. The lowest BCUT2D eigenvalue weighted by atomic mass is 10.1. The third kappa shape index (κ3) is 4.28. The largest absolute Gasteiger partial charge is 0.478 e. The maximum absolute atomic E-state index is 13.3. The Hall–Kier alpha value is -2.44. The molecule has 0 fully saturated rings. The number of alkyl halides is 2. The Morgan fingerprint density at radius 3 is 2.74 bits per heavy atom. The van der Waals surface area contributed by atoms with Crippen molar-refractivity contribution in [2.45, 2.75) is 33.4 Å². The second kappa shape index (κ2) is 7.21. The maximum atomic E-state index is 13.3. The van der Waals surface area contributed by atoms with Crippen molar-refractivity contribution >= 4 is 11.7 Å². The number of hydrogen-bond donors (Lipinski definition) is 2. The minimum atomic E-state index is -2.64. The Morgan fingerprint density at radius 2 is 2.13 bits per heavy atom. The van der Waals surface area contributed by atoms with Crippen molar-refractivity contribution in [3.05, 3.63) is 47.3 Å². The number of anilines is 1. The Morgan fingerprint density at radius 1 is 1.39 bits per heavy atom. The van der Waals surface area contributed by atoms with Crippen LogP contribution in [0, 0.1) is 5.92 Å². The van der Waals surface area contributed by atoms with E-state index in [-0.39, 0.29) is 29.4 Å². The Labute approximate surface area is 132 Å². The van der Waals surface area contributed by atoms with Gasteiger partial charge in [0.05, 0.1) is 17.4 Å². The van der Waals surface area contributed by atoms with Crippen molar-refractivity contribution < 1.29 is 18.7 Å². The highest BCUT2D eigenvalue weighted by atomic mass is 19.3. The molecule has 0 saturated heterocycles. The Kier molecular flexibility index (Phi) is 5.31. The van der Waals surface area contributed by atoms with E-state index in [1.165, 1.54) is 23.0 Å². The molecular formula is C16H19F2N3O2. The molecule has 0 saturated carbocycles. The van der Waals surface area contributed by atoms with Gasteiger partial charge >= 0.3 is 5.97 Å². The number of benzene rings is 1. The molecule has 124 valence electrons. The highest BCUT2D eigenvalue weighted by Gasteiger charge is 2.20. The summed E-state index contributed by atoms with van der Waals surface area (Å²) in [7, 11) is 0. The van der Waals surface area contributed by atoms with Crippen LogP contribution < -0.4 is 5.32 Å². The summed E-state index contributed by atoms with van der Waals surface area (Å²) in [6.07, 6.45) is -1.26. The van der Waals surface area contributed by atoms with Gasteiger partial charge in [0.15, 0.2) is 0 Å². The lowest BCUT2D eigenvalue weighted by molar-refractivity contribution is 0.0696. The summed E-state index contributed by atoms with van der Waals surface area (Å²) in [6, 6.07) is 6.35. The summed E-state index contributed by atoms with van der Waals surface area (Å²) in [6.45, 7) is 4.52. The van der Waals surface area contributed by atoms with E-state index in [9.17, 15) is 13.6 Å². The van der Waals surface area contributed by atoms with Crippen molar-refractivity contribution in [2.75, 3.05) is 5.32 Å². The van der Waals surface area contributed by atoms with Gasteiger partial charge in [-0.1, -0.05) is 26.0 Å². The van der Waals surface area contributed by atoms with E-state index in [0.717, 1.165) is 0 Å². The number of rotatable bonds is 7. The monoisotopic (exact) mass is 323 g/mol. The van der Waals surface area contributed by atoms with Crippen molar-refractivity contribution in [1.29, 1.82) is 0 Å². The summed E-state index contributed by atoms with van der Waals surface area (Å²) >= 11 is 0. The van der Waals surface area contributed by atoms with Crippen LogP contribution in [0.15, 0.2) is 30.5 Å². The average molecular weight is 323 g/mol. The molecule has 23 heavy (non-hydrogen) atoms. The predicted molar refractivity (Wildman–Crippen MR) is 82.8 cm³/mol. The van der Waals surface area contributed by atoms with E-state index >= 15 is 0 Å². The van der Waals surface area contributed by atoms with Crippen LogP contribution in [0.5, 0.6) is 0 Å². The highest BCUT2D eigenvalue weighted by Crippen LogP contribution is 2.28. The van der Waals surface area contributed by atoms with Crippen LogP contribution in [0.2, 0.25) is 0 Å². The molecule has 1 heterocycles. The number of aromatic carboxylic acids is 1. The molecule has 2 N–H and O–H groups in total. The maximum Gasteiger partial charge on any atom is 0.335 e. The van der Waals surface area contributed by atoms with Crippen molar-refractivity contribution in [3.8, 4) is 0 Å². The number of carboxylic acid groups (broad SMARTS) is 1. The third-order valence-corrected chi connectivity index (χ3v) is 3.28. The molecule has 0 unspecified atom stereocenters. The first kappa shape index (κ1) is 16.9. The molecule has 7 heteroatoms. The van der Waals surface area contributed by atoms with E-state index in [4.69, 9.17) is 5.11 Å². The molecule has 0 bridgehead atoms. The second-order valence-corrected chi connectivity index (χ2v) is 5.68. The molecular weight excluding hydrogens is 304 g/mol. The molecule has 0 atom stereocenters. The lowest BCUT2D eigenvalue weighted by Crippen LogP contribution is -2.11. The van der Waals surface area contributed by atoms with Crippen LogP contribution in [0.4, 0.5) is 14.5 Å². The van der Waals surface area contributed by atoms with E-state index in [2.05, 4.69) is 10.4 Å². The molecule has 0 spiro atoms. The fraction of sp³-hybridized carbons (Fsp3) is 0.375. The summed E-state index contributed by atoms with van der Waals surface area (Å²) in [4.78, 5) is 10.9. The fourth-order valence-electron chi connectivity index (χ4n) is 2.26. The van der Waals surface area contributed by atoms with Gasteiger partial charge in [0.1, 0.15) is 5.69 Å². The fourth-order valence-corrected chi connectivity index (χ4v) is 2.26. The number of halogens is 2. The summed E-state index contributed by atoms with van der Waals surface area (Å²) < 4.78 is 27.9. The minimum Gasteiger partial charge on any atom is -0.478 e. The Bertz CT molecular complexity index is 684. The van der Waals surface area contributed by atoms with Gasteiger partial charge in [-0.3, -0.25) is 4.68 Å². The smallest absolute Gasteiger partial charge is 0.335 e. The zero-order valence-electron chi connectivity index (χ0n) is 13.0. The topological polar surface area (TPSA) is 67.2 Å². The summed E-state index contributed by atoms with van der Waals surface area (Å²) in [5.74, 6) is -0.822. The van der Waals surface area contributed by atoms with Gasteiger partial charge in [-0.2, -0.15) is 5.10 Å². The van der Waals surface area contributed by atoms with Crippen LogP contribution in [0.3, 0.4) is 0 Å². The minimum absolute atomic E-state index is 0.145. The molecule has 2 rings (SSSR count). The van der Waals surface area contributed by atoms with Crippen molar-refractivity contribution in [1.82, 2.24) is 9.78 Å². The lowest BCUT2D eigenvalue weighted by Gasteiger charge is -2.12. The van der Waals surface area contributed by atoms with Crippen molar-refractivity contribution in [3.63, 3.8) is 0 Å². The van der Waals surface area contributed by atoms with E-state index in [1.54, 1.807) is 12.1 Å². The highest BCUT2D eigenvalue weighted by molar-refractivity contribution is 5.87. The first-order chi connectivity index (χ1) is 10.9. The van der Waals surface area contributed by atoms with Gasteiger partial charge in [0, 0.05) is 13.1 Å². The normalized spacial score (nSPS) is 11.2. The van der Waals surface area contributed by atoms with E-state index in [1.807, 2.05) is 13.8 Å². The molecule has 2 aromatic rings. The van der Waals surface area contributed by atoms with Crippen LogP contribution in [-0.2, 0) is 13.1 Å². The quantitative estimate of drug-likeness (QED) is 0.813. The number of nitrogens with zero attached hydrogens (tertiary/aromatic N) is 2. The number of carboxylic acids is 1. The number of aromatic nitrogens is 2. The first-order valence-corrected chi connectivity index (χ1v) is 7.28. The van der Waals surface area contributed by atoms with Crippen LogP contribution in [-0.4, -0.2) is 20.9 Å². The molecule has 0 aliphatic heterocycles. The molecule has 0 amide bonds. The number of carbonyl (C=O) groups is 1. The Balaban J connectivity index is 2.15. The molecule has 5 nitrogen and oxygen atoms in total. The molecule has 0 radical (unpaired) electrons. The van der Waals surface area contributed by atoms with Gasteiger partial charge in [-0.25, -0.2) is 13.6 Å². The van der Waals surface area contributed by atoms with Crippen molar-refractivity contribution in [2.24, 2.45) is 5.92 Å². The SMILES string of the molecule is CC(C)Cn1ncc(NCc2cccc(C(=O)O)c2)c1C(F)F. The number of nitrogens with one attached hydrogen (secondary N) is 1. The van der Waals surface area contributed by atoms with Crippen LogP contribution in [0.1, 0.15) is 41.9 Å². The van der Waals surface area contributed by atoms with Gasteiger partial charge in [0.2, 0.25) is 0 Å². The van der Waals surface area contributed by atoms with Crippen LogP contribution >= 0.6 is 0 Å².